The molecule has 4 nitrogen and oxygen atoms in total. The minimum absolute atomic E-state index is 0.167. The zero-order valence-electron chi connectivity index (χ0n) is 9.42. The number of hydrogen-bond donors (Lipinski definition) is 2. The molecule has 0 amide bonds. The fourth-order valence-electron chi connectivity index (χ4n) is 1.80. The van der Waals surface area contributed by atoms with Crippen LogP contribution in [-0.2, 0) is 11.3 Å². The second kappa shape index (κ2) is 4.77. The van der Waals surface area contributed by atoms with E-state index in [2.05, 4.69) is 22.2 Å². The van der Waals surface area contributed by atoms with Crippen molar-refractivity contribution in [2.24, 2.45) is 5.92 Å². The van der Waals surface area contributed by atoms with Gasteiger partial charge in [-0.3, -0.25) is 0 Å². The fourth-order valence-corrected chi connectivity index (χ4v) is 1.80. The van der Waals surface area contributed by atoms with E-state index in [4.69, 9.17) is 4.74 Å². The second-order valence-electron chi connectivity index (χ2n) is 4.07. The van der Waals surface area contributed by atoms with Crippen molar-refractivity contribution in [1.29, 1.82) is 0 Å². The first-order chi connectivity index (χ1) is 7.35. The average molecular weight is 209 g/mol. The number of methoxy groups -OCH3 is 1. The quantitative estimate of drug-likeness (QED) is 0.748. The first-order valence-electron chi connectivity index (χ1n) is 5.62. The molecule has 0 aliphatic heterocycles. The highest BCUT2D eigenvalue weighted by atomic mass is 16.5. The van der Waals surface area contributed by atoms with E-state index < -0.39 is 0 Å². The summed E-state index contributed by atoms with van der Waals surface area (Å²) in [6, 6.07) is 0. The predicted octanol–water partition coefficient (Wildman–Crippen LogP) is 1.62. The highest BCUT2D eigenvalue weighted by Gasteiger charge is 2.34. The fraction of sp³-hybridized carbons (Fsp3) is 0.727. The van der Waals surface area contributed by atoms with Crippen LogP contribution in [0.4, 0.5) is 0 Å². The normalized spacial score (nSPS) is 18.0. The van der Waals surface area contributed by atoms with Crippen LogP contribution in [0.15, 0.2) is 6.20 Å². The number of nitrogens with one attached hydrogen (secondary N) is 2. The Bertz CT molecular complexity index is 307. The number of imidazole rings is 1. The van der Waals surface area contributed by atoms with E-state index >= 15 is 0 Å². The Morgan fingerprint density at radius 1 is 1.67 bits per heavy atom. The SMILES string of the molecule is CCNCc1cnc(C(OC)C2CC2)[nH]1. The predicted molar refractivity (Wildman–Crippen MR) is 58.4 cm³/mol. The van der Waals surface area contributed by atoms with Crippen molar-refractivity contribution in [3.05, 3.63) is 17.7 Å². The van der Waals surface area contributed by atoms with Gasteiger partial charge in [0.1, 0.15) is 11.9 Å². The van der Waals surface area contributed by atoms with E-state index in [1.54, 1.807) is 7.11 Å². The molecular weight excluding hydrogens is 190 g/mol. The first-order valence-corrected chi connectivity index (χ1v) is 5.62. The molecule has 1 aliphatic carbocycles. The van der Waals surface area contributed by atoms with Gasteiger partial charge in [0.2, 0.25) is 0 Å². The molecule has 2 N–H and O–H groups in total. The summed E-state index contributed by atoms with van der Waals surface area (Å²) < 4.78 is 5.46. The maximum atomic E-state index is 5.46. The second-order valence-corrected chi connectivity index (χ2v) is 4.07. The van der Waals surface area contributed by atoms with Gasteiger partial charge in [-0.2, -0.15) is 0 Å². The number of H-pyrrole nitrogens is 1. The molecule has 1 saturated carbocycles. The van der Waals surface area contributed by atoms with Gasteiger partial charge in [0.05, 0.1) is 0 Å². The Kier molecular flexibility index (Phi) is 3.38. The molecule has 0 radical (unpaired) electrons. The summed E-state index contributed by atoms with van der Waals surface area (Å²) in [7, 11) is 1.76. The molecular formula is C11H19N3O. The zero-order chi connectivity index (χ0) is 10.7. The standard InChI is InChI=1S/C11H19N3O/c1-3-12-6-9-7-13-11(14-9)10(15-2)8-4-5-8/h7-8,10,12H,3-6H2,1-2H3,(H,13,14). The number of ether oxygens (including phenoxy) is 1. The molecule has 0 spiro atoms. The molecule has 1 aromatic rings. The topological polar surface area (TPSA) is 49.9 Å². The number of aromatic amines is 1. The molecule has 1 aromatic heterocycles. The molecule has 4 heteroatoms. The minimum atomic E-state index is 0.167. The van der Waals surface area contributed by atoms with Crippen molar-refractivity contribution in [3.63, 3.8) is 0 Å². The van der Waals surface area contributed by atoms with Crippen molar-refractivity contribution in [2.45, 2.75) is 32.4 Å². The smallest absolute Gasteiger partial charge is 0.135 e. The monoisotopic (exact) mass is 209 g/mol. The number of hydrogen-bond acceptors (Lipinski definition) is 3. The van der Waals surface area contributed by atoms with Crippen LogP contribution in [-0.4, -0.2) is 23.6 Å². The van der Waals surface area contributed by atoms with Crippen LogP contribution < -0.4 is 5.32 Å². The highest BCUT2D eigenvalue weighted by molar-refractivity contribution is 5.06. The molecule has 1 fully saturated rings. The van der Waals surface area contributed by atoms with E-state index in [1.165, 1.54) is 12.8 Å². The Morgan fingerprint density at radius 3 is 3.07 bits per heavy atom. The minimum Gasteiger partial charge on any atom is -0.373 e. The maximum absolute atomic E-state index is 5.46. The molecule has 1 aliphatic rings. The van der Waals surface area contributed by atoms with Crippen molar-refractivity contribution >= 4 is 0 Å². The number of aromatic nitrogens is 2. The Hall–Kier alpha value is -0.870. The largest absolute Gasteiger partial charge is 0.373 e. The third kappa shape index (κ3) is 2.58. The lowest BCUT2D eigenvalue weighted by atomic mass is 10.2. The van der Waals surface area contributed by atoms with Crippen LogP contribution in [0.25, 0.3) is 0 Å². The number of nitrogens with zero attached hydrogens (tertiary/aromatic N) is 1. The van der Waals surface area contributed by atoms with Crippen LogP contribution in [0.5, 0.6) is 0 Å². The van der Waals surface area contributed by atoms with E-state index in [0.717, 1.165) is 24.6 Å². The summed E-state index contributed by atoms with van der Waals surface area (Å²) in [5, 5.41) is 3.27. The lowest BCUT2D eigenvalue weighted by molar-refractivity contribution is 0.0778. The summed E-state index contributed by atoms with van der Waals surface area (Å²) in [5.74, 6) is 1.65. The zero-order valence-corrected chi connectivity index (χ0v) is 9.42. The van der Waals surface area contributed by atoms with Crippen LogP contribution in [0.3, 0.4) is 0 Å². The van der Waals surface area contributed by atoms with Crippen LogP contribution in [0.2, 0.25) is 0 Å². The van der Waals surface area contributed by atoms with Crippen LogP contribution in [0.1, 0.15) is 37.4 Å². The van der Waals surface area contributed by atoms with Gasteiger partial charge in [0.25, 0.3) is 0 Å². The number of rotatable bonds is 6. The van der Waals surface area contributed by atoms with E-state index in [1.807, 2.05) is 6.20 Å². The van der Waals surface area contributed by atoms with Crippen molar-refractivity contribution in [3.8, 4) is 0 Å². The molecule has 15 heavy (non-hydrogen) atoms. The Labute approximate surface area is 90.4 Å². The summed E-state index contributed by atoms with van der Waals surface area (Å²) in [6.45, 7) is 3.93. The Balaban J connectivity index is 1.98. The van der Waals surface area contributed by atoms with Gasteiger partial charge in [-0.05, 0) is 25.3 Å². The van der Waals surface area contributed by atoms with Gasteiger partial charge in [0, 0.05) is 25.5 Å². The maximum Gasteiger partial charge on any atom is 0.135 e. The molecule has 0 saturated heterocycles. The summed E-state index contributed by atoms with van der Waals surface area (Å²) in [5.41, 5.74) is 1.13. The highest BCUT2D eigenvalue weighted by Crippen LogP contribution is 2.41. The first kappa shape index (κ1) is 10.6. The molecule has 2 rings (SSSR count). The molecule has 0 aromatic carbocycles. The van der Waals surface area contributed by atoms with Crippen molar-refractivity contribution < 1.29 is 4.74 Å². The molecule has 84 valence electrons. The Morgan fingerprint density at radius 2 is 2.47 bits per heavy atom. The van der Waals surface area contributed by atoms with Crippen molar-refractivity contribution in [1.82, 2.24) is 15.3 Å². The average Bonchev–Trinajstić information content (AvgIpc) is 2.96. The lowest BCUT2D eigenvalue weighted by Gasteiger charge is -2.10. The van der Waals surface area contributed by atoms with E-state index in [9.17, 15) is 0 Å². The summed E-state index contributed by atoms with van der Waals surface area (Å²) >= 11 is 0. The van der Waals surface area contributed by atoms with E-state index in [0.29, 0.717) is 5.92 Å². The molecule has 1 unspecified atom stereocenters. The van der Waals surface area contributed by atoms with Gasteiger partial charge in [-0.25, -0.2) is 4.98 Å². The van der Waals surface area contributed by atoms with Gasteiger partial charge in [0.15, 0.2) is 0 Å². The van der Waals surface area contributed by atoms with Gasteiger partial charge < -0.3 is 15.0 Å². The van der Waals surface area contributed by atoms with Crippen LogP contribution in [0, 0.1) is 5.92 Å². The molecule has 1 heterocycles. The molecule has 1 atom stereocenters. The van der Waals surface area contributed by atoms with E-state index in [-0.39, 0.29) is 6.10 Å². The van der Waals surface area contributed by atoms with Gasteiger partial charge >= 0.3 is 0 Å². The third-order valence-corrected chi connectivity index (χ3v) is 2.79. The van der Waals surface area contributed by atoms with Gasteiger partial charge in [-0.1, -0.05) is 6.92 Å². The lowest BCUT2D eigenvalue weighted by Crippen LogP contribution is -2.12. The van der Waals surface area contributed by atoms with Crippen LogP contribution >= 0.6 is 0 Å². The van der Waals surface area contributed by atoms with Crippen molar-refractivity contribution in [2.75, 3.05) is 13.7 Å². The summed E-state index contributed by atoms with van der Waals surface area (Å²) in [6.07, 6.45) is 4.59. The van der Waals surface area contributed by atoms with Gasteiger partial charge in [-0.15, -0.1) is 0 Å². The third-order valence-electron chi connectivity index (χ3n) is 2.79. The molecule has 0 bridgehead atoms. The summed E-state index contributed by atoms with van der Waals surface area (Å²) in [4.78, 5) is 7.70.